The van der Waals surface area contributed by atoms with Crippen molar-refractivity contribution >= 4 is 34.1 Å². The topological polar surface area (TPSA) is 6.48 Å². The maximum Gasteiger partial charge on any atom is 0.0618 e. The molecule has 0 saturated heterocycles. The molecule has 91 heavy (non-hydrogen) atoms. The second-order valence-corrected chi connectivity index (χ2v) is 27.2. The lowest BCUT2D eigenvalue weighted by atomic mass is 9.71. The molecule has 0 fully saturated rings. The zero-order chi connectivity index (χ0) is 61.5. The molecule has 0 aromatic heterocycles. The van der Waals surface area contributed by atoms with E-state index in [-0.39, 0.29) is 22.7 Å². The predicted octanol–water partition coefficient (Wildman–Crippen LogP) is 24.1. The molecule has 0 amide bonds. The largest absolute Gasteiger partial charge is 0.309 e. The fourth-order valence-electron chi connectivity index (χ4n) is 14.9. The number of anilines is 6. The van der Waals surface area contributed by atoms with Gasteiger partial charge in [-0.05, 0) is 172 Å². The zero-order valence-corrected chi connectivity index (χ0v) is 52.6. The number of nitrogens with zero attached hydrogens (tertiary/aromatic N) is 2. The Morgan fingerprint density at radius 1 is 0.264 bits per heavy atom. The second kappa shape index (κ2) is 22.2. The Kier molecular flexibility index (Phi) is 13.6. The molecule has 13 aromatic carbocycles. The summed E-state index contributed by atoms with van der Waals surface area (Å²) in [6.07, 6.45) is 0.886. The van der Waals surface area contributed by atoms with E-state index in [0.717, 1.165) is 29.2 Å². The first-order chi connectivity index (χ1) is 44.4. The maximum atomic E-state index is 2.73. The van der Waals surface area contributed by atoms with Crippen molar-refractivity contribution in [1.29, 1.82) is 0 Å². The molecule has 0 bridgehead atoms. The summed E-state index contributed by atoms with van der Waals surface area (Å²) in [7, 11) is 0. The molecule has 13 aromatic rings. The minimum atomic E-state index is -0.210. The van der Waals surface area contributed by atoms with Crippen molar-refractivity contribution in [2.75, 3.05) is 9.80 Å². The van der Waals surface area contributed by atoms with Crippen LogP contribution in [0.3, 0.4) is 0 Å². The monoisotopic (exact) mass is 1170 g/mol. The Labute approximate surface area is 537 Å². The van der Waals surface area contributed by atoms with E-state index in [1.807, 2.05) is 0 Å². The fourth-order valence-corrected chi connectivity index (χ4v) is 14.9. The highest BCUT2D eigenvalue weighted by Crippen LogP contribution is 2.65. The molecule has 3 aliphatic rings. The molecule has 2 aliphatic heterocycles. The Balaban J connectivity index is 1.13. The number of rotatable bonds is 9. The van der Waals surface area contributed by atoms with Crippen molar-refractivity contribution in [3.63, 3.8) is 0 Å². The van der Waals surface area contributed by atoms with Crippen LogP contribution in [0.4, 0.5) is 34.1 Å². The van der Waals surface area contributed by atoms with Crippen LogP contribution in [0, 0.1) is 0 Å². The minimum absolute atomic E-state index is 0.0792. The van der Waals surface area contributed by atoms with Gasteiger partial charge in [0.25, 0.3) is 0 Å². The van der Waals surface area contributed by atoms with Crippen molar-refractivity contribution in [3.05, 3.63) is 359 Å². The van der Waals surface area contributed by atoms with Gasteiger partial charge in [-0.15, -0.1) is 0 Å². The molecule has 1 aliphatic carbocycles. The van der Waals surface area contributed by atoms with E-state index in [2.05, 4.69) is 355 Å². The lowest BCUT2D eigenvalue weighted by Gasteiger charge is -2.47. The van der Waals surface area contributed by atoms with Crippen molar-refractivity contribution in [3.8, 4) is 66.8 Å². The summed E-state index contributed by atoms with van der Waals surface area (Å²) in [6.45, 7) is 14.1. The average Bonchev–Trinajstić information content (AvgIpc) is 0.688. The fraction of sp³-hybridized carbons (Fsp3) is 0.124. The molecule has 2 heteroatoms. The summed E-state index contributed by atoms with van der Waals surface area (Å²) in [4.78, 5) is 5.45. The molecule has 0 N–H and O–H groups in total. The molecule has 0 spiro atoms. The average molecular weight is 1170 g/mol. The smallest absolute Gasteiger partial charge is 0.0618 e. The van der Waals surface area contributed by atoms with E-state index in [9.17, 15) is 0 Å². The number of hydrogen-bond acceptors (Lipinski definition) is 2. The van der Waals surface area contributed by atoms with E-state index >= 15 is 0 Å². The lowest BCUT2D eigenvalue weighted by Crippen LogP contribution is -2.31. The van der Waals surface area contributed by atoms with Crippen LogP contribution >= 0.6 is 0 Å². The van der Waals surface area contributed by atoms with Gasteiger partial charge in [0.05, 0.1) is 34.1 Å². The summed E-state index contributed by atoms with van der Waals surface area (Å²) in [6, 6.07) is 115. The number of hydrogen-bond donors (Lipinski definition) is 0. The first-order valence-electron chi connectivity index (χ1n) is 32.3. The van der Waals surface area contributed by atoms with E-state index < -0.39 is 0 Å². The van der Waals surface area contributed by atoms with Gasteiger partial charge in [-0.25, -0.2) is 0 Å². The molecule has 0 unspecified atom stereocenters. The highest BCUT2D eigenvalue weighted by Gasteiger charge is 2.45. The van der Waals surface area contributed by atoms with Crippen LogP contribution < -0.4 is 9.80 Å². The van der Waals surface area contributed by atoms with Gasteiger partial charge in [0.15, 0.2) is 0 Å². The zero-order valence-electron chi connectivity index (χ0n) is 52.6. The van der Waals surface area contributed by atoms with Crippen LogP contribution in [0.1, 0.15) is 109 Å². The van der Waals surface area contributed by atoms with Gasteiger partial charge in [-0.2, -0.15) is 0 Å². The van der Waals surface area contributed by atoms with Crippen molar-refractivity contribution in [2.24, 2.45) is 0 Å². The second-order valence-electron chi connectivity index (χ2n) is 27.2. The maximum absolute atomic E-state index is 2.73. The number of benzene rings is 13. The standard InChI is InChI=1S/C89H72N2/c1-88(2,3)69-54-73(60-33-17-9-18-34-60)86(74(55-69)61-35-19-10-20-36-61)90-79-47-45-64(58-29-13-7-14-30-58)50-77(79)84-78-51-65(59-31-15-8-16-32-59)46-48-80(78)91(87-75(62-37-21-11-22-38-62)56-70(89(4,5)6)57-76(87)63-39-23-12-24-40-63)82-53-68(52-81(90)85(82)84)83-71-43-27-25-41-66(71)49-67-42-26-28-44-72(67)83/h7-48,50-57,83-84H,49H2,1-6H3. The Morgan fingerprint density at radius 3 is 0.901 bits per heavy atom. The third-order valence-electron chi connectivity index (χ3n) is 19.5. The molecular formula is C89H72N2. The van der Waals surface area contributed by atoms with Gasteiger partial charge in [-0.3, -0.25) is 0 Å². The molecule has 0 saturated carbocycles. The van der Waals surface area contributed by atoms with Crippen LogP contribution in [-0.2, 0) is 17.3 Å². The van der Waals surface area contributed by atoms with E-state index in [0.29, 0.717) is 0 Å². The highest BCUT2D eigenvalue weighted by molar-refractivity contribution is 6.07. The summed E-state index contributed by atoms with van der Waals surface area (Å²) >= 11 is 0. The Bertz CT molecular complexity index is 4470. The van der Waals surface area contributed by atoms with Crippen LogP contribution in [0.15, 0.2) is 303 Å². The third-order valence-corrected chi connectivity index (χ3v) is 19.5. The molecule has 2 nitrogen and oxygen atoms in total. The Hall–Kier alpha value is -10.5. The van der Waals surface area contributed by atoms with Crippen molar-refractivity contribution < 1.29 is 0 Å². The molecule has 2 heterocycles. The molecule has 438 valence electrons. The van der Waals surface area contributed by atoms with Gasteiger partial charge >= 0.3 is 0 Å². The summed E-state index contributed by atoms with van der Waals surface area (Å²) in [5.41, 5.74) is 33.8. The van der Waals surface area contributed by atoms with Gasteiger partial charge in [-0.1, -0.05) is 284 Å². The SMILES string of the molecule is CC(C)(C)c1cc(-c2ccccc2)c(N2c3ccc(-c4ccccc4)cc3C3c4cc(-c5ccccc5)ccc4N(c4c(-c5ccccc5)cc(C(C)(C)C)cc4-c4ccccc4)c4cc(C5c6ccccc6Cc6ccccc65)cc2c43)c(-c2ccccc2)c1. The van der Waals surface area contributed by atoms with E-state index in [1.54, 1.807) is 0 Å². The molecule has 0 radical (unpaired) electrons. The summed E-state index contributed by atoms with van der Waals surface area (Å²) < 4.78 is 0. The summed E-state index contributed by atoms with van der Waals surface area (Å²) in [5, 5.41) is 0. The summed E-state index contributed by atoms with van der Waals surface area (Å²) in [5.74, 6) is -0.289. The van der Waals surface area contributed by atoms with Crippen LogP contribution in [0.2, 0.25) is 0 Å². The van der Waals surface area contributed by atoms with Crippen molar-refractivity contribution in [1.82, 2.24) is 0 Å². The van der Waals surface area contributed by atoms with Crippen LogP contribution in [0.25, 0.3) is 66.8 Å². The highest BCUT2D eigenvalue weighted by atomic mass is 15.2. The van der Waals surface area contributed by atoms with E-state index in [4.69, 9.17) is 0 Å². The van der Waals surface area contributed by atoms with Crippen molar-refractivity contribution in [2.45, 2.75) is 70.6 Å². The van der Waals surface area contributed by atoms with Gasteiger partial charge in [0, 0.05) is 39.7 Å². The first kappa shape index (κ1) is 55.7. The van der Waals surface area contributed by atoms with Crippen LogP contribution in [-0.4, -0.2) is 0 Å². The molecule has 0 atom stereocenters. The quantitative estimate of drug-likeness (QED) is 0.142. The van der Waals surface area contributed by atoms with Crippen LogP contribution in [0.5, 0.6) is 0 Å². The van der Waals surface area contributed by atoms with E-state index in [1.165, 1.54) is 134 Å². The predicted molar refractivity (Wildman–Crippen MR) is 383 cm³/mol. The molecular weight excluding hydrogens is 1100 g/mol. The number of fused-ring (bicyclic) bond motifs is 6. The van der Waals surface area contributed by atoms with Gasteiger partial charge in [0.1, 0.15) is 0 Å². The first-order valence-corrected chi connectivity index (χ1v) is 32.3. The van der Waals surface area contributed by atoms with Gasteiger partial charge in [0.2, 0.25) is 0 Å². The Morgan fingerprint density at radius 2 is 0.571 bits per heavy atom. The molecule has 16 rings (SSSR count). The normalized spacial score (nSPS) is 13.4. The minimum Gasteiger partial charge on any atom is -0.309 e. The third kappa shape index (κ3) is 9.72. The van der Waals surface area contributed by atoms with Gasteiger partial charge < -0.3 is 9.80 Å². The lowest BCUT2D eigenvalue weighted by molar-refractivity contribution is 0.590.